The molecule has 29 heavy (non-hydrogen) atoms. The van der Waals surface area contributed by atoms with Crippen molar-refractivity contribution in [3.63, 3.8) is 0 Å². The van der Waals surface area contributed by atoms with E-state index >= 15 is 0 Å². The maximum Gasteiger partial charge on any atom is 0.387 e. The first-order valence-corrected chi connectivity index (χ1v) is 9.08. The Bertz CT molecular complexity index is 837. The SMILES string of the molecule is CCOc1cc(C(=O)OCC(=O)Nc2ccc(C(C)C)cc2)ccc1OC(F)F. The third kappa shape index (κ3) is 6.74. The lowest BCUT2D eigenvalue weighted by Gasteiger charge is -2.12. The minimum atomic E-state index is -3.02. The fourth-order valence-corrected chi connectivity index (χ4v) is 2.46. The highest BCUT2D eigenvalue weighted by molar-refractivity contribution is 5.95. The molecule has 0 aliphatic carbocycles. The molecule has 0 heterocycles. The van der Waals surface area contributed by atoms with E-state index in [-0.39, 0.29) is 23.7 Å². The van der Waals surface area contributed by atoms with Crippen molar-refractivity contribution in [1.29, 1.82) is 0 Å². The van der Waals surface area contributed by atoms with Crippen molar-refractivity contribution in [3.05, 3.63) is 53.6 Å². The molecule has 6 nitrogen and oxygen atoms in total. The molecule has 0 spiro atoms. The number of amides is 1. The molecule has 0 saturated heterocycles. The van der Waals surface area contributed by atoms with E-state index in [1.165, 1.54) is 18.2 Å². The normalized spacial score (nSPS) is 10.7. The van der Waals surface area contributed by atoms with Gasteiger partial charge in [0.2, 0.25) is 0 Å². The molecule has 2 rings (SSSR count). The zero-order valence-electron chi connectivity index (χ0n) is 16.4. The van der Waals surface area contributed by atoms with Crippen LogP contribution in [0.5, 0.6) is 11.5 Å². The van der Waals surface area contributed by atoms with Gasteiger partial charge in [-0.05, 0) is 48.7 Å². The number of hydrogen-bond acceptors (Lipinski definition) is 5. The highest BCUT2D eigenvalue weighted by atomic mass is 19.3. The number of alkyl halides is 2. The van der Waals surface area contributed by atoms with Crippen LogP contribution >= 0.6 is 0 Å². The number of carbonyl (C=O) groups is 2. The second kappa shape index (κ2) is 10.4. The van der Waals surface area contributed by atoms with Gasteiger partial charge < -0.3 is 19.5 Å². The summed E-state index contributed by atoms with van der Waals surface area (Å²) in [5.74, 6) is -1.13. The second-order valence-electron chi connectivity index (χ2n) is 6.37. The van der Waals surface area contributed by atoms with Gasteiger partial charge in [-0.3, -0.25) is 4.79 Å². The van der Waals surface area contributed by atoms with Crippen LogP contribution in [0.3, 0.4) is 0 Å². The van der Waals surface area contributed by atoms with Gasteiger partial charge in [0, 0.05) is 5.69 Å². The minimum Gasteiger partial charge on any atom is -0.490 e. The highest BCUT2D eigenvalue weighted by Gasteiger charge is 2.16. The zero-order chi connectivity index (χ0) is 21.4. The van der Waals surface area contributed by atoms with E-state index in [1.807, 2.05) is 12.1 Å². The van der Waals surface area contributed by atoms with Gasteiger partial charge >= 0.3 is 12.6 Å². The van der Waals surface area contributed by atoms with Crippen LogP contribution in [0.4, 0.5) is 14.5 Å². The summed E-state index contributed by atoms with van der Waals surface area (Å²) in [6.07, 6.45) is 0. The van der Waals surface area contributed by atoms with Gasteiger partial charge in [0.15, 0.2) is 18.1 Å². The molecule has 1 amide bonds. The average molecular weight is 407 g/mol. The summed E-state index contributed by atoms with van der Waals surface area (Å²) < 4.78 is 39.4. The third-order valence-electron chi connectivity index (χ3n) is 3.89. The van der Waals surface area contributed by atoms with E-state index in [0.29, 0.717) is 11.6 Å². The lowest BCUT2D eigenvalue weighted by molar-refractivity contribution is -0.119. The minimum absolute atomic E-state index is 0.0167. The average Bonchev–Trinajstić information content (AvgIpc) is 2.67. The molecule has 8 heteroatoms. The molecule has 0 aliphatic rings. The Balaban J connectivity index is 1.95. The van der Waals surface area contributed by atoms with E-state index in [9.17, 15) is 18.4 Å². The number of carbonyl (C=O) groups excluding carboxylic acids is 2. The topological polar surface area (TPSA) is 73.9 Å². The summed E-state index contributed by atoms with van der Waals surface area (Å²) in [5.41, 5.74) is 1.77. The monoisotopic (exact) mass is 407 g/mol. The van der Waals surface area contributed by atoms with Crippen molar-refractivity contribution in [2.75, 3.05) is 18.5 Å². The van der Waals surface area contributed by atoms with Crippen LogP contribution in [0, 0.1) is 0 Å². The van der Waals surface area contributed by atoms with E-state index in [4.69, 9.17) is 9.47 Å². The number of nitrogens with one attached hydrogen (secondary N) is 1. The largest absolute Gasteiger partial charge is 0.490 e. The highest BCUT2D eigenvalue weighted by Crippen LogP contribution is 2.30. The van der Waals surface area contributed by atoms with E-state index in [1.54, 1.807) is 19.1 Å². The lowest BCUT2D eigenvalue weighted by atomic mass is 10.0. The van der Waals surface area contributed by atoms with Gasteiger partial charge in [0.1, 0.15) is 0 Å². The Labute approximate surface area is 167 Å². The van der Waals surface area contributed by atoms with Crippen LogP contribution in [-0.4, -0.2) is 31.7 Å². The van der Waals surface area contributed by atoms with Gasteiger partial charge in [-0.2, -0.15) is 8.78 Å². The summed E-state index contributed by atoms with van der Waals surface area (Å²) >= 11 is 0. The predicted octanol–water partition coefficient (Wildman–Crippen LogP) is 4.61. The third-order valence-corrected chi connectivity index (χ3v) is 3.89. The molecule has 2 aromatic carbocycles. The molecule has 0 saturated carbocycles. The van der Waals surface area contributed by atoms with Crippen LogP contribution in [0.15, 0.2) is 42.5 Å². The van der Waals surface area contributed by atoms with Crippen LogP contribution in [0.25, 0.3) is 0 Å². The summed E-state index contributed by atoms with van der Waals surface area (Å²) in [6, 6.07) is 11.0. The Kier molecular flexibility index (Phi) is 7.94. The molecule has 0 aliphatic heterocycles. The summed E-state index contributed by atoms with van der Waals surface area (Å²) in [7, 11) is 0. The smallest absolute Gasteiger partial charge is 0.387 e. The number of anilines is 1. The number of hydrogen-bond donors (Lipinski definition) is 1. The molecule has 2 aromatic rings. The first kappa shape index (κ1) is 22.1. The summed E-state index contributed by atoms with van der Waals surface area (Å²) in [4.78, 5) is 24.2. The summed E-state index contributed by atoms with van der Waals surface area (Å²) in [5, 5.41) is 2.63. The molecular formula is C21H23F2NO5. The van der Waals surface area contributed by atoms with Crippen molar-refractivity contribution < 1.29 is 32.6 Å². The van der Waals surface area contributed by atoms with Crippen molar-refractivity contribution >= 4 is 17.6 Å². The molecule has 0 atom stereocenters. The van der Waals surface area contributed by atoms with E-state index in [0.717, 1.165) is 5.56 Å². The van der Waals surface area contributed by atoms with E-state index in [2.05, 4.69) is 23.9 Å². The lowest BCUT2D eigenvalue weighted by Crippen LogP contribution is -2.21. The van der Waals surface area contributed by atoms with Gasteiger partial charge in [-0.25, -0.2) is 4.79 Å². The van der Waals surface area contributed by atoms with Crippen LogP contribution in [0.1, 0.15) is 42.6 Å². The Hall–Kier alpha value is -3.16. The first-order chi connectivity index (χ1) is 13.8. The van der Waals surface area contributed by atoms with Gasteiger partial charge in [-0.15, -0.1) is 0 Å². The fourth-order valence-electron chi connectivity index (χ4n) is 2.46. The zero-order valence-corrected chi connectivity index (χ0v) is 16.4. The number of halogens is 2. The molecule has 0 unspecified atom stereocenters. The quantitative estimate of drug-likeness (QED) is 0.615. The molecule has 1 N–H and O–H groups in total. The van der Waals surface area contributed by atoms with Crippen molar-refractivity contribution in [3.8, 4) is 11.5 Å². The summed E-state index contributed by atoms with van der Waals surface area (Å²) in [6.45, 7) is 2.46. The molecule has 156 valence electrons. The Morgan fingerprint density at radius 2 is 1.72 bits per heavy atom. The Morgan fingerprint density at radius 3 is 2.31 bits per heavy atom. The number of rotatable bonds is 9. The second-order valence-corrected chi connectivity index (χ2v) is 6.37. The Morgan fingerprint density at radius 1 is 1.03 bits per heavy atom. The van der Waals surface area contributed by atoms with Crippen LogP contribution in [-0.2, 0) is 9.53 Å². The van der Waals surface area contributed by atoms with E-state index < -0.39 is 25.1 Å². The number of ether oxygens (including phenoxy) is 3. The number of esters is 1. The standard InChI is InChI=1S/C21H23F2NO5/c1-4-27-18-11-15(7-10-17(18)29-21(22)23)20(26)28-12-19(25)24-16-8-5-14(6-9-16)13(2)3/h5-11,13,21H,4,12H2,1-3H3,(H,24,25). The van der Waals surface area contributed by atoms with Crippen molar-refractivity contribution in [1.82, 2.24) is 0 Å². The van der Waals surface area contributed by atoms with Crippen LogP contribution < -0.4 is 14.8 Å². The molecule has 0 aromatic heterocycles. The van der Waals surface area contributed by atoms with Crippen LogP contribution in [0.2, 0.25) is 0 Å². The fraction of sp³-hybridized carbons (Fsp3) is 0.333. The maximum absolute atomic E-state index is 12.4. The van der Waals surface area contributed by atoms with Crippen molar-refractivity contribution in [2.24, 2.45) is 0 Å². The number of benzene rings is 2. The van der Waals surface area contributed by atoms with Gasteiger partial charge in [0.05, 0.1) is 12.2 Å². The molecule has 0 fully saturated rings. The van der Waals surface area contributed by atoms with Gasteiger partial charge in [0.25, 0.3) is 5.91 Å². The predicted molar refractivity (Wildman–Crippen MR) is 104 cm³/mol. The maximum atomic E-state index is 12.4. The van der Waals surface area contributed by atoms with Crippen molar-refractivity contribution in [2.45, 2.75) is 33.3 Å². The molecule has 0 bridgehead atoms. The first-order valence-electron chi connectivity index (χ1n) is 9.08. The molecule has 0 radical (unpaired) electrons. The molecular weight excluding hydrogens is 384 g/mol. The van der Waals surface area contributed by atoms with Gasteiger partial charge in [-0.1, -0.05) is 26.0 Å².